The van der Waals surface area contributed by atoms with E-state index >= 15 is 0 Å². The molecule has 1 aliphatic rings. The van der Waals surface area contributed by atoms with E-state index in [4.69, 9.17) is 4.74 Å². The van der Waals surface area contributed by atoms with Crippen LogP contribution in [0.2, 0.25) is 0 Å². The van der Waals surface area contributed by atoms with E-state index in [-0.39, 0.29) is 0 Å². The van der Waals surface area contributed by atoms with E-state index in [9.17, 15) is 8.42 Å². The third-order valence-corrected chi connectivity index (χ3v) is 5.44. The number of hydrogen-bond acceptors (Lipinski definition) is 6. The average molecular weight is 319 g/mol. The minimum absolute atomic E-state index is 0.319. The first-order valence-corrected chi connectivity index (χ1v) is 9.00. The molecule has 0 bridgehead atoms. The maximum Gasteiger partial charge on any atom is 0.254 e. The van der Waals surface area contributed by atoms with E-state index < -0.39 is 10.0 Å². The van der Waals surface area contributed by atoms with Crippen LogP contribution >= 0.6 is 11.3 Å². The van der Waals surface area contributed by atoms with Gasteiger partial charge in [-0.15, -0.1) is 16.2 Å². The summed E-state index contributed by atoms with van der Waals surface area (Å²) < 4.78 is 30.0. The molecule has 1 aliphatic heterocycles. The van der Waals surface area contributed by atoms with E-state index in [1.54, 1.807) is 11.1 Å². The van der Waals surface area contributed by atoms with Gasteiger partial charge in [-0.3, -0.25) is 0 Å². The van der Waals surface area contributed by atoms with Crippen LogP contribution in [0.1, 0.15) is 18.7 Å². The number of nitrogens with zero attached hydrogens (tertiary/aromatic N) is 1. The van der Waals surface area contributed by atoms with Gasteiger partial charge in [0.2, 0.25) is 0 Å². The second-order valence-electron chi connectivity index (χ2n) is 4.94. The molecule has 114 valence electrons. The summed E-state index contributed by atoms with van der Waals surface area (Å²) in [6.45, 7) is 6.88. The van der Waals surface area contributed by atoms with Gasteiger partial charge in [0.05, 0.1) is 18.1 Å². The van der Waals surface area contributed by atoms with Crippen molar-refractivity contribution in [2.75, 3.05) is 26.3 Å². The van der Waals surface area contributed by atoms with Crippen LogP contribution in [0.25, 0.3) is 0 Å². The number of thiophene rings is 1. The zero-order chi connectivity index (χ0) is 14.6. The van der Waals surface area contributed by atoms with Gasteiger partial charge in [-0.05, 0) is 11.4 Å². The summed E-state index contributed by atoms with van der Waals surface area (Å²) in [6, 6.07) is 1.98. The Morgan fingerprint density at radius 3 is 2.75 bits per heavy atom. The predicted octanol–water partition coefficient (Wildman–Crippen LogP) is 0.772. The Kier molecular flexibility index (Phi) is 5.53. The molecule has 0 amide bonds. The molecular weight excluding hydrogens is 298 g/mol. The topological polar surface area (TPSA) is 70.7 Å². The van der Waals surface area contributed by atoms with Gasteiger partial charge in [0.15, 0.2) is 0 Å². The summed E-state index contributed by atoms with van der Waals surface area (Å²) in [5.41, 5.74) is 0. The lowest BCUT2D eigenvalue weighted by atomic mass is 10.4. The van der Waals surface area contributed by atoms with Gasteiger partial charge in [0.25, 0.3) is 10.0 Å². The standard InChI is InChI=1S/C12H21N3O3S2/c1-10(2)13-9-11-12(3-8-19-11)20(16,17)14-15-4-6-18-7-5-15/h3,8,10,13-14H,4-7,9H2,1-2H3. The molecule has 0 saturated carbocycles. The number of hydrazine groups is 1. The van der Waals surface area contributed by atoms with Crippen LogP contribution in [0.3, 0.4) is 0 Å². The fourth-order valence-electron chi connectivity index (χ4n) is 1.87. The Hall–Kier alpha value is -0.510. The maximum atomic E-state index is 12.4. The Labute approximate surface area is 124 Å². The summed E-state index contributed by atoms with van der Waals surface area (Å²) in [4.78, 5) is 3.83. The van der Waals surface area contributed by atoms with Crippen molar-refractivity contribution < 1.29 is 13.2 Å². The van der Waals surface area contributed by atoms with Crippen LogP contribution < -0.4 is 10.1 Å². The SMILES string of the molecule is CC(C)NCc1sccc1S(=O)(=O)NN1CCOCC1. The highest BCUT2D eigenvalue weighted by atomic mass is 32.2. The fraction of sp³-hybridized carbons (Fsp3) is 0.667. The number of nitrogens with one attached hydrogen (secondary N) is 2. The van der Waals surface area contributed by atoms with Crippen molar-refractivity contribution in [3.05, 3.63) is 16.3 Å². The largest absolute Gasteiger partial charge is 0.379 e. The molecule has 2 heterocycles. The van der Waals surface area contributed by atoms with E-state index in [0.29, 0.717) is 43.8 Å². The second kappa shape index (κ2) is 6.97. The first kappa shape index (κ1) is 15.9. The van der Waals surface area contributed by atoms with Crippen molar-refractivity contribution in [1.29, 1.82) is 0 Å². The maximum absolute atomic E-state index is 12.4. The molecule has 20 heavy (non-hydrogen) atoms. The first-order chi connectivity index (χ1) is 9.49. The molecule has 0 aromatic carbocycles. The van der Waals surface area contributed by atoms with Crippen molar-refractivity contribution in [3.8, 4) is 0 Å². The van der Waals surface area contributed by atoms with Crippen molar-refractivity contribution in [2.45, 2.75) is 31.3 Å². The van der Waals surface area contributed by atoms with Crippen molar-refractivity contribution in [2.24, 2.45) is 0 Å². The molecule has 1 aromatic heterocycles. The molecule has 0 atom stereocenters. The normalized spacial score (nSPS) is 17.8. The van der Waals surface area contributed by atoms with Crippen LogP contribution in [-0.4, -0.2) is 45.8 Å². The highest BCUT2D eigenvalue weighted by molar-refractivity contribution is 7.89. The zero-order valence-corrected chi connectivity index (χ0v) is 13.4. The van der Waals surface area contributed by atoms with Gasteiger partial charge in [-0.1, -0.05) is 13.8 Å². The van der Waals surface area contributed by atoms with Gasteiger partial charge >= 0.3 is 0 Å². The van der Waals surface area contributed by atoms with Crippen molar-refractivity contribution in [3.63, 3.8) is 0 Å². The van der Waals surface area contributed by atoms with Crippen LogP contribution in [0, 0.1) is 0 Å². The van der Waals surface area contributed by atoms with Gasteiger partial charge in [0, 0.05) is 30.6 Å². The average Bonchev–Trinajstić information content (AvgIpc) is 2.86. The number of rotatable bonds is 6. The van der Waals surface area contributed by atoms with E-state index in [2.05, 4.69) is 10.1 Å². The van der Waals surface area contributed by atoms with E-state index in [0.717, 1.165) is 4.88 Å². The molecule has 0 radical (unpaired) electrons. The summed E-state index contributed by atoms with van der Waals surface area (Å²) in [6.07, 6.45) is 0. The lowest BCUT2D eigenvalue weighted by Crippen LogP contribution is -2.48. The monoisotopic (exact) mass is 319 g/mol. The lowest BCUT2D eigenvalue weighted by Gasteiger charge is -2.26. The number of hydrogen-bond donors (Lipinski definition) is 2. The summed E-state index contributed by atoms with van der Waals surface area (Å²) in [5, 5.41) is 6.75. The highest BCUT2D eigenvalue weighted by Gasteiger charge is 2.23. The molecule has 2 rings (SSSR count). The number of sulfonamides is 1. The third kappa shape index (κ3) is 4.24. The number of morpholine rings is 1. The lowest BCUT2D eigenvalue weighted by molar-refractivity contribution is 0.0272. The first-order valence-electron chi connectivity index (χ1n) is 6.64. The molecule has 8 heteroatoms. The van der Waals surface area contributed by atoms with Crippen LogP contribution in [0.5, 0.6) is 0 Å². The van der Waals surface area contributed by atoms with E-state index in [1.165, 1.54) is 11.3 Å². The summed E-state index contributed by atoms with van der Waals surface area (Å²) in [5.74, 6) is 0. The third-order valence-electron chi connectivity index (χ3n) is 2.93. The predicted molar refractivity (Wildman–Crippen MR) is 79.0 cm³/mol. The second-order valence-corrected chi connectivity index (χ2v) is 7.57. The highest BCUT2D eigenvalue weighted by Crippen LogP contribution is 2.22. The smallest absolute Gasteiger partial charge is 0.254 e. The quantitative estimate of drug-likeness (QED) is 0.810. The Bertz CT molecular complexity index is 522. The fourth-order valence-corrected chi connectivity index (χ4v) is 4.39. The molecular formula is C12H21N3O3S2. The van der Waals surface area contributed by atoms with Gasteiger partial charge < -0.3 is 10.1 Å². The van der Waals surface area contributed by atoms with Gasteiger partial charge in [-0.25, -0.2) is 13.4 Å². The number of ether oxygens (including phenoxy) is 1. The Morgan fingerprint density at radius 1 is 1.40 bits per heavy atom. The van der Waals surface area contributed by atoms with Gasteiger partial charge in [-0.2, -0.15) is 0 Å². The minimum atomic E-state index is -3.50. The Balaban J connectivity index is 2.06. The molecule has 0 aliphatic carbocycles. The molecule has 0 unspecified atom stereocenters. The molecule has 6 nitrogen and oxygen atoms in total. The summed E-state index contributed by atoms with van der Waals surface area (Å²) in [7, 11) is -3.50. The summed E-state index contributed by atoms with van der Waals surface area (Å²) >= 11 is 1.46. The molecule has 2 N–H and O–H groups in total. The van der Waals surface area contributed by atoms with Crippen molar-refractivity contribution >= 4 is 21.4 Å². The minimum Gasteiger partial charge on any atom is -0.379 e. The van der Waals surface area contributed by atoms with Crippen LogP contribution in [0.15, 0.2) is 16.3 Å². The van der Waals surface area contributed by atoms with Crippen molar-refractivity contribution in [1.82, 2.24) is 15.2 Å². The molecule has 1 saturated heterocycles. The van der Waals surface area contributed by atoms with Crippen LogP contribution in [0.4, 0.5) is 0 Å². The molecule has 0 spiro atoms. The van der Waals surface area contributed by atoms with Crippen LogP contribution in [-0.2, 0) is 21.3 Å². The molecule has 1 aromatic rings. The zero-order valence-electron chi connectivity index (χ0n) is 11.8. The van der Waals surface area contributed by atoms with Gasteiger partial charge in [0.1, 0.15) is 0 Å². The van der Waals surface area contributed by atoms with E-state index in [1.807, 2.05) is 19.2 Å². The Morgan fingerprint density at radius 2 is 2.10 bits per heavy atom. The molecule has 1 fully saturated rings.